The van der Waals surface area contributed by atoms with Crippen LogP contribution in [0.4, 0.5) is 0 Å². The third-order valence-corrected chi connectivity index (χ3v) is 7.13. The van der Waals surface area contributed by atoms with Crippen LogP contribution in [-0.2, 0) is 19.1 Å². The molecule has 0 amide bonds. The summed E-state index contributed by atoms with van der Waals surface area (Å²) in [6, 6.07) is 30.5. The Labute approximate surface area is 237 Å². The van der Waals surface area contributed by atoms with Crippen LogP contribution in [0.2, 0.25) is 0 Å². The molecule has 4 rings (SSSR count). The van der Waals surface area contributed by atoms with Gasteiger partial charge in [0.15, 0.2) is 0 Å². The van der Waals surface area contributed by atoms with E-state index in [1.165, 1.54) is 11.1 Å². The molecule has 1 atom stereocenters. The van der Waals surface area contributed by atoms with Crippen LogP contribution in [0.5, 0.6) is 0 Å². The largest absolute Gasteiger partial charge is 0.463 e. The highest BCUT2D eigenvalue weighted by Crippen LogP contribution is 2.39. The summed E-state index contributed by atoms with van der Waals surface area (Å²) in [5.41, 5.74) is 5.59. The van der Waals surface area contributed by atoms with Gasteiger partial charge in [-0.15, -0.1) is 0 Å². The number of benzene rings is 3. The quantitative estimate of drug-likeness (QED) is 0.223. The zero-order valence-corrected chi connectivity index (χ0v) is 23.5. The Morgan fingerprint density at radius 1 is 0.750 bits per heavy atom. The minimum atomic E-state index is -0.570. The second kappa shape index (κ2) is 14.3. The number of hydrogen-bond acceptors (Lipinski definition) is 6. The molecule has 208 valence electrons. The molecule has 0 aromatic heterocycles. The summed E-state index contributed by atoms with van der Waals surface area (Å²) in [6.07, 6.45) is 0.916. The van der Waals surface area contributed by atoms with Crippen LogP contribution in [-0.4, -0.2) is 38.2 Å². The predicted octanol–water partition coefficient (Wildman–Crippen LogP) is 5.84. The van der Waals surface area contributed by atoms with Crippen LogP contribution in [0.15, 0.2) is 114 Å². The number of hydrogen-bond donors (Lipinski definition) is 2. The zero-order valence-electron chi connectivity index (χ0n) is 23.5. The first kappa shape index (κ1) is 28.8. The van der Waals surface area contributed by atoms with Crippen LogP contribution >= 0.6 is 0 Å². The van der Waals surface area contributed by atoms with Gasteiger partial charge < -0.3 is 20.1 Å². The van der Waals surface area contributed by atoms with Crippen molar-refractivity contribution in [2.75, 3.05) is 26.3 Å². The SMILES string of the molecule is CCOC(=O)C1=C(C)NC(C)=C(C(=O)OCCNCCC(c2ccccc2)c2ccccc2)C1c1ccccc1. The van der Waals surface area contributed by atoms with Gasteiger partial charge in [0.05, 0.1) is 23.7 Å². The molecule has 0 saturated heterocycles. The number of rotatable bonds is 12. The molecule has 1 aliphatic heterocycles. The number of carbonyl (C=O) groups is 2. The molecule has 0 radical (unpaired) electrons. The number of allylic oxidation sites excluding steroid dienone is 2. The Hall–Kier alpha value is -4.16. The molecule has 3 aromatic carbocycles. The van der Waals surface area contributed by atoms with Crippen molar-refractivity contribution >= 4 is 11.9 Å². The van der Waals surface area contributed by atoms with E-state index in [-0.39, 0.29) is 19.1 Å². The summed E-state index contributed by atoms with van der Waals surface area (Å²) in [5.74, 6) is -1.17. The van der Waals surface area contributed by atoms with Crippen molar-refractivity contribution in [1.29, 1.82) is 0 Å². The number of nitrogens with one attached hydrogen (secondary N) is 2. The van der Waals surface area contributed by atoms with E-state index >= 15 is 0 Å². The molecule has 0 spiro atoms. The van der Waals surface area contributed by atoms with E-state index in [2.05, 4.69) is 59.2 Å². The van der Waals surface area contributed by atoms with Gasteiger partial charge >= 0.3 is 11.9 Å². The standard InChI is InChI=1S/C34H38N2O4/c1-4-39-33(37)30-24(2)36-25(3)31(32(30)28-18-12-7-13-19-28)34(38)40-23-22-35-21-20-29(26-14-8-5-9-15-26)27-16-10-6-11-17-27/h5-19,29,32,35-36H,4,20-23H2,1-3H3. The Bertz CT molecular complexity index is 1290. The van der Waals surface area contributed by atoms with Gasteiger partial charge in [-0.25, -0.2) is 9.59 Å². The molecule has 40 heavy (non-hydrogen) atoms. The first-order valence-electron chi connectivity index (χ1n) is 13.9. The maximum atomic E-state index is 13.4. The van der Waals surface area contributed by atoms with Crippen LogP contribution in [0, 0.1) is 0 Å². The van der Waals surface area contributed by atoms with Gasteiger partial charge in [0, 0.05) is 23.9 Å². The van der Waals surface area contributed by atoms with Gasteiger partial charge in [-0.1, -0.05) is 91.0 Å². The maximum absolute atomic E-state index is 13.4. The van der Waals surface area contributed by atoms with E-state index < -0.39 is 17.9 Å². The summed E-state index contributed by atoms with van der Waals surface area (Å²) >= 11 is 0. The van der Waals surface area contributed by atoms with Crippen molar-refractivity contribution in [2.24, 2.45) is 0 Å². The number of esters is 2. The van der Waals surface area contributed by atoms with Crippen LogP contribution in [0.1, 0.15) is 55.7 Å². The normalized spacial score (nSPS) is 15.2. The van der Waals surface area contributed by atoms with Crippen molar-refractivity contribution < 1.29 is 19.1 Å². The lowest BCUT2D eigenvalue weighted by atomic mass is 9.80. The highest BCUT2D eigenvalue weighted by Gasteiger charge is 2.37. The predicted molar refractivity (Wildman–Crippen MR) is 158 cm³/mol. The monoisotopic (exact) mass is 538 g/mol. The van der Waals surface area contributed by atoms with Gasteiger partial charge in [-0.3, -0.25) is 0 Å². The fraction of sp³-hybridized carbons (Fsp3) is 0.294. The summed E-state index contributed by atoms with van der Waals surface area (Å²) in [4.78, 5) is 26.4. The summed E-state index contributed by atoms with van der Waals surface area (Å²) in [7, 11) is 0. The Morgan fingerprint density at radius 2 is 1.25 bits per heavy atom. The van der Waals surface area contributed by atoms with Crippen LogP contribution in [0.25, 0.3) is 0 Å². The highest BCUT2D eigenvalue weighted by molar-refractivity contribution is 5.99. The van der Waals surface area contributed by atoms with Crippen molar-refractivity contribution in [3.8, 4) is 0 Å². The number of dihydropyridines is 1. The molecular formula is C34H38N2O4. The second-order valence-electron chi connectivity index (χ2n) is 9.82. The first-order chi connectivity index (χ1) is 19.5. The Kier molecular flexibility index (Phi) is 10.3. The van der Waals surface area contributed by atoms with E-state index in [0.717, 1.165) is 18.5 Å². The van der Waals surface area contributed by atoms with Gasteiger partial charge in [0.1, 0.15) is 6.61 Å². The second-order valence-corrected chi connectivity index (χ2v) is 9.82. The number of ether oxygens (including phenoxy) is 2. The molecule has 1 unspecified atom stereocenters. The molecule has 1 aliphatic rings. The minimum absolute atomic E-state index is 0.218. The van der Waals surface area contributed by atoms with Gasteiger partial charge in [0.2, 0.25) is 0 Å². The Balaban J connectivity index is 1.38. The Morgan fingerprint density at radius 3 is 1.77 bits per heavy atom. The summed E-state index contributed by atoms with van der Waals surface area (Å²) in [6.45, 7) is 7.21. The number of carbonyl (C=O) groups excluding carboxylic acids is 2. The van der Waals surface area contributed by atoms with Crippen molar-refractivity contribution in [3.05, 3.63) is 130 Å². The average molecular weight is 539 g/mol. The van der Waals surface area contributed by atoms with E-state index in [4.69, 9.17) is 9.47 Å². The van der Waals surface area contributed by atoms with Crippen molar-refractivity contribution in [1.82, 2.24) is 10.6 Å². The molecule has 0 bridgehead atoms. The van der Waals surface area contributed by atoms with E-state index in [9.17, 15) is 9.59 Å². The molecule has 3 aromatic rings. The molecule has 6 heteroatoms. The van der Waals surface area contributed by atoms with Crippen molar-refractivity contribution in [3.63, 3.8) is 0 Å². The highest BCUT2D eigenvalue weighted by atomic mass is 16.5. The lowest BCUT2D eigenvalue weighted by Gasteiger charge is -2.30. The lowest BCUT2D eigenvalue weighted by molar-refractivity contribution is -0.139. The fourth-order valence-corrected chi connectivity index (χ4v) is 5.28. The maximum Gasteiger partial charge on any atom is 0.336 e. The average Bonchev–Trinajstić information content (AvgIpc) is 2.97. The minimum Gasteiger partial charge on any atom is -0.463 e. The molecule has 2 N–H and O–H groups in total. The summed E-state index contributed by atoms with van der Waals surface area (Å²) < 4.78 is 11.1. The molecule has 0 fully saturated rings. The van der Waals surface area contributed by atoms with Crippen molar-refractivity contribution in [2.45, 2.75) is 39.0 Å². The van der Waals surface area contributed by atoms with Crippen LogP contribution < -0.4 is 10.6 Å². The molecule has 0 aliphatic carbocycles. The lowest BCUT2D eigenvalue weighted by Crippen LogP contribution is -2.33. The smallest absolute Gasteiger partial charge is 0.336 e. The molecule has 0 saturated carbocycles. The first-order valence-corrected chi connectivity index (χ1v) is 13.9. The van der Waals surface area contributed by atoms with E-state index in [1.807, 2.05) is 56.3 Å². The van der Waals surface area contributed by atoms with E-state index in [1.54, 1.807) is 6.92 Å². The third-order valence-electron chi connectivity index (χ3n) is 7.13. The molecule has 6 nitrogen and oxygen atoms in total. The zero-order chi connectivity index (χ0) is 28.3. The molecule has 1 heterocycles. The van der Waals surface area contributed by atoms with Gasteiger partial charge in [-0.05, 0) is 50.4 Å². The van der Waals surface area contributed by atoms with E-state index in [0.29, 0.717) is 29.1 Å². The third kappa shape index (κ3) is 7.07. The fourth-order valence-electron chi connectivity index (χ4n) is 5.28. The van der Waals surface area contributed by atoms with Gasteiger partial charge in [0.25, 0.3) is 0 Å². The van der Waals surface area contributed by atoms with Crippen LogP contribution in [0.3, 0.4) is 0 Å². The topological polar surface area (TPSA) is 76.7 Å². The summed E-state index contributed by atoms with van der Waals surface area (Å²) in [5, 5.41) is 6.62. The molecular weight excluding hydrogens is 500 g/mol. The van der Waals surface area contributed by atoms with Gasteiger partial charge in [-0.2, -0.15) is 0 Å².